The number of para-hydroxylation sites is 1. The Bertz CT molecular complexity index is 1070. The van der Waals surface area contributed by atoms with Crippen molar-refractivity contribution in [3.63, 3.8) is 0 Å². The maximum Gasteiger partial charge on any atom is 0.120 e. The summed E-state index contributed by atoms with van der Waals surface area (Å²) in [5.74, 6) is 0.899. The summed E-state index contributed by atoms with van der Waals surface area (Å²) in [4.78, 5) is 0. The number of anilines is 1. The van der Waals surface area contributed by atoms with Gasteiger partial charge in [0.05, 0.1) is 0 Å². The van der Waals surface area contributed by atoms with Crippen LogP contribution in [0.1, 0.15) is 23.6 Å². The van der Waals surface area contributed by atoms with E-state index in [1.54, 1.807) is 0 Å². The molecule has 0 saturated heterocycles. The monoisotopic (exact) mass is 367 g/mol. The van der Waals surface area contributed by atoms with Gasteiger partial charge in [-0.3, -0.25) is 0 Å². The zero-order valence-electron chi connectivity index (χ0n) is 16.2. The maximum absolute atomic E-state index is 6.11. The molecule has 4 aromatic rings. The summed E-state index contributed by atoms with van der Waals surface area (Å²) >= 11 is 0. The van der Waals surface area contributed by atoms with E-state index >= 15 is 0 Å². The molecule has 0 radical (unpaired) electrons. The zero-order valence-corrected chi connectivity index (χ0v) is 16.2. The van der Waals surface area contributed by atoms with E-state index in [1.807, 2.05) is 6.07 Å². The predicted molar refractivity (Wildman–Crippen MR) is 118 cm³/mol. The minimum atomic E-state index is 0.566. The first-order valence-electron chi connectivity index (χ1n) is 9.83. The normalized spacial score (nSPS) is 10.8. The first kappa shape index (κ1) is 18.1. The smallest absolute Gasteiger partial charge is 0.120 e. The summed E-state index contributed by atoms with van der Waals surface area (Å²) in [6.45, 7) is 3.53. The molecule has 1 N–H and O–H groups in total. The van der Waals surface area contributed by atoms with Crippen molar-refractivity contribution < 1.29 is 4.74 Å². The van der Waals surface area contributed by atoms with Gasteiger partial charge in [-0.15, -0.1) is 0 Å². The Balaban J connectivity index is 1.44. The number of benzene rings is 4. The number of rotatable bonds is 7. The van der Waals surface area contributed by atoms with Crippen molar-refractivity contribution in [2.45, 2.75) is 26.5 Å². The van der Waals surface area contributed by atoms with Gasteiger partial charge >= 0.3 is 0 Å². The van der Waals surface area contributed by atoms with Gasteiger partial charge in [-0.1, -0.05) is 79.7 Å². The Labute approximate surface area is 166 Å². The second kappa shape index (κ2) is 8.62. The molecular formula is C26H25NO. The Hall–Kier alpha value is -3.26. The molecule has 4 rings (SSSR count). The van der Waals surface area contributed by atoms with E-state index in [-0.39, 0.29) is 0 Å². The summed E-state index contributed by atoms with van der Waals surface area (Å²) in [7, 11) is 0. The highest BCUT2D eigenvalue weighted by atomic mass is 16.5. The number of fused-ring (bicyclic) bond motifs is 1. The van der Waals surface area contributed by atoms with E-state index < -0.39 is 0 Å². The molecule has 0 aromatic heterocycles. The molecule has 0 spiro atoms. The van der Waals surface area contributed by atoms with Gasteiger partial charge in [-0.25, -0.2) is 0 Å². The molecule has 0 heterocycles. The van der Waals surface area contributed by atoms with Gasteiger partial charge in [0, 0.05) is 12.2 Å². The third kappa shape index (κ3) is 4.17. The molecule has 0 amide bonds. The molecule has 0 atom stereocenters. The Morgan fingerprint density at radius 3 is 2.43 bits per heavy atom. The Morgan fingerprint density at radius 2 is 1.50 bits per heavy atom. The average Bonchev–Trinajstić information content (AvgIpc) is 2.76. The van der Waals surface area contributed by atoms with Crippen LogP contribution in [0.2, 0.25) is 0 Å². The highest BCUT2D eigenvalue weighted by molar-refractivity contribution is 5.85. The standard InChI is InChI=1S/C26H25NO/c1-2-21-10-4-6-16-26(21)27-18-20-9-7-14-24(17-20)28-19-23-13-8-12-22-11-3-5-15-25(22)23/h3-17,27H,2,18-19H2,1H3. The van der Waals surface area contributed by atoms with E-state index in [0.717, 1.165) is 18.7 Å². The molecule has 28 heavy (non-hydrogen) atoms. The largest absolute Gasteiger partial charge is 0.489 e. The van der Waals surface area contributed by atoms with Crippen LogP contribution in [-0.4, -0.2) is 0 Å². The SMILES string of the molecule is CCc1ccccc1NCc1cccc(OCc2cccc3ccccc23)c1. The van der Waals surface area contributed by atoms with Crippen LogP contribution < -0.4 is 10.1 Å². The molecule has 4 aromatic carbocycles. The van der Waals surface area contributed by atoms with Crippen LogP contribution >= 0.6 is 0 Å². The first-order chi connectivity index (χ1) is 13.8. The molecule has 2 heteroatoms. The molecule has 0 saturated carbocycles. The van der Waals surface area contributed by atoms with Gasteiger partial charge < -0.3 is 10.1 Å². The highest BCUT2D eigenvalue weighted by Gasteiger charge is 2.04. The summed E-state index contributed by atoms with van der Waals surface area (Å²) < 4.78 is 6.11. The van der Waals surface area contributed by atoms with Gasteiger partial charge in [0.2, 0.25) is 0 Å². The van der Waals surface area contributed by atoms with Crippen LogP contribution in [0.5, 0.6) is 5.75 Å². The number of ether oxygens (including phenoxy) is 1. The Kier molecular flexibility index (Phi) is 5.58. The summed E-state index contributed by atoms with van der Waals surface area (Å²) in [5, 5.41) is 6.05. The Morgan fingerprint density at radius 1 is 0.750 bits per heavy atom. The quantitative estimate of drug-likeness (QED) is 0.398. The average molecular weight is 367 g/mol. The van der Waals surface area contributed by atoms with Crippen molar-refractivity contribution in [3.05, 3.63) is 108 Å². The fourth-order valence-corrected chi connectivity index (χ4v) is 3.52. The van der Waals surface area contributed by atoms with Crippen LogP contribution in [0.4, 0.5) is 5.69 Å². The third-order valence-electron chi connectivity index (χ3n) is 5.05. The zero-order chi connectivity index (χ0) is 19.2. The van der Waals surface area contributed by atoms with Crippen molar-refractivity contribution in [2.75, 3.05) is 5.32 Å². The number of nitrogens with one attached hydrogen (secondary N) is 1. The van der Waals surface area contributed by atoms with Gasteiger partial charge in [0.25, 0.3) is 0 Å². The van der Waals surface area contributed by atoms with Crippen molar-refractivity contribution in [1.82, 2.24) is 0 Å². The summed E-state index contributed by atoms with van der Waals surface area (Å²) in [6, 6.07) is 31.6. The summed E-state index contributed by atoms with van der Waals surface area (Å²) in [6.07, 6.45) is 1.03. The number of hydrogen-bond acceptors (Lipinski definition) is 2. The lowest BCUT2D eigenvalue weighted by Crippen LogP contribution is -2.02. The van der Waals surface area contributed by atoms with Crippen LogP contribution in [0, 0.1) is 0 Å². The molecule has 0 aliphatic rings. The lowest BCUT2D eigenvalue weighted by Gasteiger charge is -2.13. The molecule has 140 valence electrons. The van der Waals surface area contributed by atoms with Gasteiger partial charge in [-0.2, -0.15) is 0 Å². The van der Waals surface area contributed by atoms with Crippen LogP contribution in [0.15, 0.2) is 91.0 Å². The summed E-state index contributed by atoms with van der Waals surface area (Å²) in [5.41, 5.74) is 4.96. The van der Waals surface area contributed by atoms with Gasteiger partial charge in [-0.05, 0) is 52.1 Å². The fourth-order valence-electron chi connectivity index (χ4n) is 3.52. The van der Waals surface area contributed by atoms with Crippen LogP contribution in [-0.2, 0) is 19.6 Å². The molecular weight excluding hydrogens is 342 g/mol. The predicted octanol–water partition coefficient (Wildman–Crippen LogP) is 6.59. The lowest BCUT2D eigenvalue weighted by molar-refractivity contribution is 0.307. The molecule has 0 aliphatic heterocycles. The van der Waals surface area contributed by atoms with Crippen molar-refractivity contribution >= 4 is 16.5 Å². The van der Waals surface area contributed by atoms with Crippen molar-refractivity contribution in [1.29, 1.82) is 0 Å². The minimum Gasteiger partial charge on any atom is -0.489 e. The minimum absolute atomic E-state index is 0.566. The first-order valence-corrected chi connectivity index (χ1v) is 9.83. The lowest BCUT2D eigenvalue weighted by atomic mass is 10.1. The van der Waals surface area contributed by atoms with E-state index in [9.17, 15) is 0 Å². The van der Waals surface area contributed by atoms with Gasteiger partial charge in [0.1, 0.15) is 12.4 Å². The van der Waals surface area contributed by atoms with Crippen molar-refractivity contribution in [3.8, 4) is 5.75 Å². The molecule has 0 unspecified atom stereocenters. The van der Waals surface area contributed by atoms with E-state index in [4.69, 9.17) is 4.74 Å². The van der Waals surface area contributed by atoms with E-state index in [1.165, 1.54) is 33.2 Å². The second-order valence-electron chi connectivity index (χ2n) is 6.94. The topological polar surface area (TPSA) is 21.3 Å². The third-order valence-corrected chi connectivity index (χ3v) is 5.05. The molecule has 0 bridgehead atoms. The van der Waals surface area contributed by atoms with E-state index in [0.29, 0.717) is 6.61 Å². The molecule has 2 nitrogen and oxygen atoms in total. The molecule has 0 aliphatic carbocycles. The van der Waals surface area contributed by atoms with Crippen molar-refractivity contribution in [2.24, 2.45) is 0 Å². The van der Waals surface area contributed by atoms with E-state index in [2.05, 4.69) is 97.2 Å². The fraction of sp³-hybridized carbons (Fsp3) is 0.154. The number of hydrogen-bond donors (Lipinski definition) is 1. The second-order valence-corrected chi connectivity index (χ2v) is 6.94. The number of aryl methyl sites for hydroxylation is 1. The van der Waals surface area contributed by atoms with Gasteiger partial charge in [0.15, 0.2) is 0 Å². The van der Waals surface area contributed by atoms with Crippen LogP contribution in [0.3, 0.4) is 0 Å². The molecule has 0 fully saturated rings. The highest BCUT2D eigenvalue weighted by Crippen LogP contribution is 2.22. The maximum atomic E-state index is 6.11. The van der Waals surface area contributed by atoms with Crippen LogP contribution in [0.25, 0.3) is 10.8 Å².